The molecule has 0 aliphatic carbocycles. The van der Waals surface area contributed by atoms with Crippen molar-refractivity contribution in [3.8, 4) is 11.6 Å². The predicted molar refractivity (Wildman–Crippen MR) is 117 cm³/mol. The maximum Gasteiger partial charge on any atom is 0.269 e. The first-order valence-corrected chi connectivity index (χ1v) is 9.62. The molecule has 0 amide bonds. The number of benzene rings is 2. The number of hydrogen-bond donors (Lipinski definition) is 1. The molecule has 2 heterocycles. The van der Waals surface area contributed by atoms with E-state index in [1.807, 2.05) is 73.1 Å². The molecule has 0 bridgehead atoms. The van der Waals surface area contributed by atoms with Crippen molar-refractivity contribution in [1.82, 2.24) is 19.3 Å². The van der Waals surface area contributed by atoms with E-state index in [0.29, 0.717) is 18.1 Å². The average Bonchev–Trinajstić information content (AvgIpc) is 3.17. The van der Waals surface area contributed by atoms with Crippen molar-refractivity contribution < 1.29 is 4.74 Å². The quantitative estimate of drug-likeness (QED) is 0.531. The lowest BCUT2D eigenvalue weighted by Gasteiger charge is -2.14. The fourth-order valence-corrected chi connectivity index (χ4v) is 3.31. The van der Waals surface area contributed by atoms with E-state index in [4.69, 9.17) is 4.74 Å². The Morgan fingerprint density at radius 2 is 1.87 bits per heavy atom. The Balaban J connectivity index is 1.60. The van der Waals surface area contributed by atoms with Crippen LogP contribution >= 0.6 is 0 Å². The molecule has 4 rings (SSSR count). The van der Waals surface area contributed by atoms with Crippen LogP contribution in [-0.4, -0.2) is 26.4 Å². The van der Waals surface area contributed by atoms with E-state index in [1.54, 1.807) is 13.4 Å². The molecule has 2 aromatic carbocycles. The third-order valence-corrected chi connectivity index (χ3v) is 4.80. The van der Waals surface area contributed by atoms with E-state index in [-0.39, 0.29) is 5.56 Å². The summed E-state index contributed by atoms with van der Waals surface area (Å²) < 4.78 is 8.82. The lowest BCUT2D eigenvalue weighted by atomic mass is 10.1. The summed E-state index contributed by atoms with van der Waals surface area (Å²) in [7, 11) is 1.54. The van der Waals surface area contributed by atoms with Crippen molar-refractivity contribution in [3.63, 3.8) is 0 Å². The Morgan fingerprint density at radius 1 is 1.07 bits per heavy atom. The summed E-state index contributed by atoms with van der Waals surface area (Å²) in [5.74, 6) is 0.359. The molecule has 0 saturated carbocycles. The maximum absolute atomic E-state index is 12.6. The van der Waals surface area contributed by atoms with Crippen molar-refractivity contribution in [3.05, 3.63) is 94.3 Å². The smallest absolute Gasteiger partial charge is 0.269 e. The molecule has 1 N–H and O–H groups in total. The highest BCUT2D eigenvalue weighted by Crippen LogP contribution is 2.26. The zero-order valence-electron chi connectivity index (χ0n) is 17.2. The van der Waals surface area contributed by atoms with Crippen LogP contribution in [0.3, 0.4) is 0 Å². The van der Waals surface area contributed by atoms with Gasteiger partial charge in [-0.2, -0.15) is 0 Å². The minimum Gasteiger partial charge on any atom is -0.479 e. The Kier molecular flexibility index (Phi) is 5.34. The molecule has 0 spiro atoms. The lowest BCUT2D eigenvalue weighted by molar-refractivity contribution is 0.381. The molecule has 0 saturated heterocycles. The second-order valence-electron chi connectivity index (χ2n) is 7.10. The number of anilines is 2. The SMILES string of the molecule is COc1nn(Cc2ccccc2)c(=O)cc1Nc1ccc(-n2cnc(C)c2)c(C)c1. The molecule has 0 aliphatic heterocycles. The molecule has 0 radical (unpaired) electrons. The molecule has 0 unspecified atom stereocenters. The molecule has 0 aliphatic rings. The van der Waals surface area contributed by atoms with Gasteiger partial charge in [-0.1, -0.05) is 30.3 Å². The largest absolute Gasteiger partial charge is 0.479 e. The number of rotatable bonds is 6. The first kappa shape index (κ1) is 19.4. The number of aryl methyl sites for hydroxylation is 2. The molecule has 7 nitrogen and oxygen atoms in total. The maximum atomic E-state index is 12.6. The van der Waals surface area contributed by atoms with Crippen LogP contribution in [-0.2, 0) is 6.54 Å². The Labute approximate surface area is 174 Å². The fourth-order valence-electron chi connectivity index (χ4n) is 3.31. The molecular weight excluding hydrogens is 378 g/mol. The molecule has 152 valence electrons. The van der Waals surface area contributed by atoms with Gasteiger partial charge in [-0.3, -0.25) is 4.79 Å². The minimum absolute atomic E-state index is 0.204. The summed E-state index contributed by atoms with van der Waals surface area (Å²) in [6.45, 7) is 4.37. The zero-order chi connectivity index (χ0) is 21.1. The highest BCUT2D eigenvalue weighted by atomic mass is 16.5. The minimum atomic E-state index is -0.204. The molecule has 0 fully saturated rings. The van der Waals surface area contributed by atoms with Crippen LogP contribution in [0.25, 0.3) is 5.69 Å². The molecule has 30 heavy (non-hydrogen) atoms. The molecule has 4 aromatic rings. The third kappa shape index (κ3) is 4.10. The highest BCUT2D eigenvalue weighted by molar-refractivity contribution is 5.66. The molecule has 0 atom stereocenters. The van der Waals surface area contributed by atoms with E-state index in [0.717, 1.165) is 28.2 Å². The van der Waals surface area contributed by atoms with Crippen LogP contribution in [0.4, 0.5) is 11.4 Å². The highest BCUT2D eigenvalue weighted by Gasteiger charge is 2.11. The third-order valence-electron chi connectivity index (χ3n) is 4.80. The number of hydrogen-bond acceptors (Lipinski definition) is 5. The summed E-state index contributed by atoms with van der Waals surface area (Å²) >= 11 is 0. The first-order chi connectivity index (χ1) is 14.5. The van der Waals surface area contributed by atoms with Gasteiger partial charge < -0.3 is 14.6 Å². The van der Waals surface area contributed by atoms with Crippen LogP contribution < -0.4 is 15.6 Å². The average molecular weight is 401 g/mol. The second-order valence-corrected chi connectivity index (χ2v) is 7.10. The fraction of sp³-hybridized carbons (Fsp3) is 0.174. The van der Waals surface area contributed by atoms with Gasteiger partial charge in [-0.15, -0.1) is 5.10 Å². The molecule has 7 heteroatoms. The van der Waals surface area contributed by atoms with Gasteiger partial charge in [0.25, 0.3) is 11.4 Å². The van der Waals surface area contributed by atoms with Gasteiger partial charge in [0.2, 0.25) is 0 Å². The monoisotopic (exact) mass is 401 g/mol. The van der Waals surface area contributed by atoms with Gasteiger partial charge in [0.1, 0.15) is 5.69 Å². The summed E-state index contributed by atoms with van der Waals surface area (Å²) in [5.41, 5.74) is 5.24. The van der Waals surface area contributed by atoms with Crippen LogP contribution in [0.15, 0.2) is 71.9 Å². The van der Waals surface area contributed by atoms with Crippen molar-refractivity contribution >= 4 is 11.4 Å². The Morgan fingerprint density at radius 3 is 2.53 bits per heavy atom. The normalized spacial score (nSPS) is 10.8. The number of ether oxygens (including phenoxy) is 1. The van der Waals surface area contributed by atoms with Crippen molar-refractivity contribution in [1.29, 1.82) is 0 Å². The van der Waals surface area contributed by atoms with Crippen molar-refractivity contribution in [2.75, 3.05) is 12.4 Å². The lowest BCUT2D eigenvalue weighted by Crippen LogP contribution is -2.24. The van der Waals surface area contributed by atoms with Crippen LogP contribution in [0.5, 0.6) is 5.88 Å². The van der Waals surface area contributed by atoms with E-state index >= 15 is 0 Å². The first-order valence-electron chi connectivity index (χ1n) is 9.62. The second kappa shape index (κ2) is 8.24. The number of imidazole rings is 1. The van der Waals surface area contributed by atoms with Crippen molar-refractivity contribution in [2.45, 2.75) is 20.4 Å². The Hall–Kier alpha value is -3.87. The summed E-state index contributed by atoms with van der Waals surface area (Å²) in [5, 5.41) is 7.63. The Bertz CT molecular complexity index is 1230. The van der Waals surface area contributed by atoms with Crippen LogP contribution in [0.2, 0.25) is 0 Å². The van der Waals surface area contributed by atoms with E-state index in [2.05, 4.69) is 15.4 Å². The molecular formula is C23H23N5O2. The molecule has 2 aromatic heterocycles. The van der Waals surface area contributed by atoms with Gasteiger partial charge in [-0.25, -0.2) is 9.67 Å². The predicted octanol–water partition coefficient (Wildman–Crippen LogP) is 3.85. The summed E-state index contributed by atoms with van der Waals surface area (Å²) in [6.07, 6.45) is 3.78. The van der Waals surface area contributed by atoms with Crippen LogP contribution in [0.1, 0.15) is 16.8 Å². The standard InChI is InChI=1S/C23H23N5O2/c1-16-11-19(9-10-21(16)27-13-17(2)24-15-27)25-20-12-22(29)28(26-23(20)30-3)14-18-7-5-4-6-8-18/h4-13,15,25H,14H2,1-3H3. The van der Waals surface area contributed by atoms with Gasteiger partial charge in [0.15, 0.2) is 0 Å². The topological polar surface area (TPSA) is 74.0 Å². The van der Waals surface area contributed by atoms with E-state index in [1.165, 1.54) is 10.7 Å². The number of aromatic nitrogens is 4. The van der Waals surface area contributed by atoms with Crippen molar-refractivity contribution in [2.24, 2.45) is 0 Å². The van der Waals surface area contributed by atoms with E-state index < -0.39 is 0 Å². The number of methoxy groups -OCH3 is 1. The van der Waals surface area contributed by atoms with Gasteiger partial charge in [-0.05, 0) is 43.2 Å². The van der Waals surface area contributed by atoms with E-state index in [9.17, 15) is 4.79 Å². The van der Waals surface area contributed by atoms with Crippen LogP contribution in [0, 0.1) is 13.8 Å². The summed E-state index contributed by atoms with van der Waals surface area (Å²) in [6, 6.07) is 17.2. The van der Waals surface area contributed by atoms with Gasteiger partial charge in [0, 0.05) is 23.6 Å². The summed E-state index contributed by atoms with van der Waals surface area (Å²) in [4.78, 5) is 16.9. The number of nitrogens with one attached hydrogen (secondary N) is 1. The zero-order valence-corrected chi connectivity index (χ0v) is 17.2. The number of nitrogens with zero attached hydrogens (tertiary/aromatic N) is 4. The van der Waals surface area contributed by atoms with Gasteiger partial charge >= 0.3 is 0 Å². The van der Waals surface area contributed by atoms with Gasteiger partial charge in [0.05, 0.1) is 25.7 Å².